The molecule has 136 valence electrons. The van der Waals surface area contributed by atoms with Gasteiger partial charge in [-0.1, -0.05) is 37.3 Å². The molecule has 0 aliphatic carbocycles. The van der Waals surface area contributed by atoms with Crippen LogP contribution in [0.15, 0.2) is 42.6 Å². The van der Waals surface area contributed by atoms with E-state index in [0.29, 0.717) is 6.61 Å². The number of imidazole rings is 1. The van der Waals surface area contributed by atoms with Gasteiger partial charge in [0.05, 0.1) is 17.4 Å². The Morgan fingerprint density at radius 3 is 2.69 bits per heavy atom. The predicted molar refractivity (Wildman–Crippen MR) is 102 cm³/mol. The number of anilines is 1. The number of aliphatic hydroxyl groups is 1. The van der Waals surface area contributed by atoms with Crippen LogP contribution in [-0.4, -0.2) is 27.2 Å². The molecule has 26 heavy (non-hydrogen) atoms. The number of nitrogens with one attached hydrogen (secondary N) is 1. The van der Waals surface area contributed by atoms with Gasteiger partial charge in [0.15, 0.2) is 5.65 Å². The first-order valence-electron chi connectivity index (χ1n) is 9.21. The van der Waals surface area contributed by atoms with Gasteiger partial charge in [-0.15, -0.1) is 0 Å². The summed E-state index contributed by atoms with van der Waals surface area (Å²) >= 11 is 0. The Balaban J connectivity index is 1.87. The third-order valence-corrected chi connectivity index (χ3v) is 5.22. The highest BCUT2D eigenvalue weighted by Gasteiger charge is 2.38. The molecule has 0 radical (unpaired) electrons. The van der Waals surface area contributed by atoms with Gasteiger partial charge in [-0.3, -0.25) is 0 Å². The summed E-state index contributed by atoms with van der Waals surface area (Å²) in [6.07, 6.45) is 1.88. The SMILES string of the molecule is CCCO[C@H]1c2ccn3c(C)c(C)nc3c2N[C@H](c2ccccc2)[C@H]1O. The summed E-state index contributed by atoms with van der Waals surface area (Å²) in [6.45, 7) is 6.78. The quantitative estimate of drug-likeness (QED) is 0.747. The molecule has 0 saturated carbocycles. The average molecular weight is 351 g/mol. The maximum Gasteiger partial charge on any atom is 0.161 e. The van der Waals surface area contributed by atoms with Crippen LogP contribution in [0.25, 0.3) is 5.65 Å². The number of benzene rings is 1. The lowest BCUT2D eigenvalue weighted by molar-refractivity contribution is -0.0506. The van der Waals surface area contributed by atoms with Crippen LogP contribution in [0.1, 0.15) is 48.0 Å². The zero-order chi connectivity index (χ0) is 18.3. The highest BCUT2D eigenvalue weighted by Crippen LogP contribution is 2.43. The van der Waals surface area contributed by atoms with Crippen LogP contribution in [-0.2, 0) is 4.74 Å². The van der Waals surface area contributed by atoms with Crippen molar-refractivity contribution >= 4 is 11.3 Å². The van der Waals surface area contributed by atoms with Gasteiger partial charge in [0.2, 0.25) is 0 Å². The summed E-state index contributed by atoms with van der Waals surface area (Å²) in [5, 5.41) is 14.6. The minimum atomic E-state index is -0.670. The normalized spacial score (nSPS) is 22.2. The van der Waals surface area contributed by atoms with E-state index in [1.165, 1.54) is 0 Å². The molecule has 5 nitrogen and oxygen atoms in total. The molecule has 3 heterocycles. The zero-order valence-electron chi connectivity index (χ0n) is 15.4. The Bertz CT molecular complexity index is 920. The number of nitrogens with zero attached hydrogens (tertiary/aromatic N) is 2. The van der Waals surface area contributed by atoms with Gasteiger partial charge in [0, 0.05) is 24.1 Å². The van der Waals surface area contributed by atoms with E-state index in [1.807, 2.05) is 49.5 Å². The molecular formula is C21H25N3O2. The lowest BCUT2D eigenvalue weighted by atomic mass is 9.89. The van der Waals surface area contributed by atoms with E-state index in [1.54, 1.807) is 0 Å². The Morgan fingerprint density at radius 2 is 1.96 bits per heavy atom. The molecule has 5 heteroatoms. The lowest BCUT2D eigenvalue weighted by Gasteiger charge is -2.38. The molecule has 1 aliphatic rings. The molecule has 2 aromatic heterocycles. The topological polar surface area (TPSA) is 58.8 Å². The molecule has 4 rings (SSSR count). The fourth-order valence-corrected chi connectivity index (χ4v) is 3.71. The number of aliphatic hydroxyl groups excluding tert-OH is 1. The number of pyridine rings is 1. The van der Waals surface area contributed by atoms with Gasteiger partial charge >= 0.3 is 0 Å². The Hall–Kier alpha value is -2.37. The van der Waals surface area contributed by atoms with E-state index in [-0.39, 0.29) is 12.1 Å². The Morgan fingerprint density at radius 1 is 1.19 bits per heavy atom. The van der Waals surface area contributed by atoms with E-state index in [0.717, 1.165) is 40.3 Å². The van der Waals surface area contributed by atoms with Crippen LogP contribution in [0.4, 0.5) is 5.69 Å². The van der Waals surface area contributed by atoms with Crippen molar-refractivity contribution in [2.75, 3.05) is 11.9 Å². The van der Waals surface area contributed by atoms with E-state index < -0.39 is 6.10 Å². The molecule has 0 fully saturated rings. The van der Waals surface area contributed by atoms with Crippen LogP contribution >= 0.6 is 0 Å². The minimum absolute atomic E-state index is 0.242. The number of fused-ring (bicyclic) bond motifs is 3. The number of aromatic nitrogens is 2. The van der Waals surface area contributed by atoms with Crippen molar-refractivity contribution in [1.82, 2.24) is 9.38 Å². The first kappa shape index (κ1) is 17.1. The van der Waals surface area contributed by atoms with Gasteiger partial charge in [0.25, 0.3) is 0 Å². The molecule has 3 atom stereocenters. The van der Waals surface area contributed by atoms with Crippen molar-refractivity contribution in [3.8, 4) is 0 Å². The Labute approximate surface area is 153 Å². The highest BCUT2D eigenvalue weighted by atomic mass is 16.5. The Kier molecular flexibility index (Phi) is 4.42. The van der Waals surface area contributed by atoms with E-state index in [9.17, 15) is 5.11 Å². The monoisotopic (exact) mass is 351 g/mol. The van der Waals surface area contributed by atoms with Crippen LogP contribution in [0.3, 0.4) is 0 Å². The van der Waals surface area contributed by atoms with Crippen LogP contribution in [0, 0.1) is 13.8 Å². The molecule has 0 bridgehead atoms. The molecular weight excluding hydrogens is 326 g/mol. The number of hydrogen-bond donors (Lipinski definition) is 2. The second-order valence-electron chi connectivity index (χ2n) is 6.94. The number of ether oxygens (including phenoxy) is 1. The van der Waals surface area contributed by atoms with Gasteiger partial charge in [-0.05, 0) is 31.9 Å². The summed E-state index contributed by atoms with van der Waals surface area (Å²) in [5.41, 5.74) is 5.97. The third-order valence-electron chi connectivity index (χ3n) is 5.22. The van der Waals surface area contributed by atoms with Gasteiger partial charge in [-0.2, -0.15) is 0 Å². The van der Waals surface area contributed by atoms with Crippen LogP contribution < -0.4 is 5.32 Å². The minimum Gasteiger partial charge on any atom is -0.388 e. The molecule has 0 saturated heterocycles. The van der Waals surface area contributed by atoms with Crippen molar-refractivity contribution in [3.05, 3.63) is 65.1 Å². The highest BCUT2D eigenvalue weighted by molar-refractivity contribution is 5.75. The second kappa shape index (κ2) is 6.74. The van der Waals surface area contributed by atoms with Gasteiger partial charge in [-0.25, -0.2) is 4.98 Å². The van der Waals surface area contributed by atoms with Gasteiger partial charge in [0.1, 0.15) is 12.2 Å². The van der Waals surface area contributed by atoms with E-state index in [2.05, 4.69) is 23.6 Å². The fourth-order valence-electron chi connectivity index (χ4n) is 3.71. The number of hydrogen-bond acceptors (Lipinski definition) is 4. The van der Waals surface area contributed by atoms with E-state index >= 15 is 0 Å². The molecule has 0 spiro atoms. The van der Waals surface area contributed by atoms with Crippen molar-refractivity contribution in [1.29, 1.82) is 0 Å². The average Bonchev–Trinajstić information content (AvgIpc) is 2.96. The molecule has 1 aliphatic heterocycles. The summed E-state index contributed by atoms with van der Waals surface area (Å²) in [5.74, 6) is 0. The largest absolute Gasteiger partial charge is 0.388 e. The summed E-state index contributed by atoms with van der Waals surface area (Å²) in [7, 11) is 0. The molecule has 1 aromatic carbocycles. The molecule has 0 amide bonds. The number of rotatable bonds is 4. The third kappa shape index (κ3) is 2.68. The summed E-state index contributed by atoms with van der Waals surface area (Å²) < 4.78 is 8.18. The molecule has 3 aromatic rings. The first-order chi connectivity index (χ1) is 12.6. The van der Waals surface area contributed by atoms with E-state index in [4.69, 9.17) is 9.72 Å². The first-order valence-corrected chi connectivity index (χ1v) is 9.21. The molecule has 0 unspecified atom stereocenters. The standard InChI is InChI=1S/C21H25N3O2/c1-4-12-26-20-16-10-11-24-14(3)13(2)22-21(24)18(16)23-17(19(20)25)15-8-6-5-7-9-15/h5-11,17,19-20,23,25H,4,12H2,1-3H3/t17-,19-,20+/m1/s1. The van der Waals surface area contributed by atoms with Crippen LogP contribution in [0.2, 0.25) is 0 Å². The lowest BCUT2D eigenvalue weighted by Crippen LogP contribution is -2.37. The fraction of sp³-hybridized carbons (Fsp3) is 0.381. The predicted octanol–water partition coefficient (Wildman–Crippen LogP) is 3.95. The molecule has 2 N–H and O–H groups in total. The van der Waals surface area contributed by atoms with Crippen molar-refractivity contribution < 1.29 is 9.84 Å². The van der Waals surface area contributed by atoms with Crippen molar-refractivity contribution in [2.24, 2.45) is 0 Å². The smallest absolute Gasteiger partial charge is 0.161 e. The maximum atomic E-state index is 11.1. The van der Waals surface area contributed by atoms with Crippen LogP contribution in [0.5, 0.6) is 0 Å². The summed E-state index contributed by atoms with van der Waals surface area (Å²) in [6, 6.07) is 11.8. The summed E-state index contributed by atoms with van der Waals surface area (Å²) in [4.78, 5) is 4.76. The van der Waals surface area contributed by atoms with Crippen molar-refractivity contribution in [3.63, 3.8) is 0 Å². The number of aryl methyl sites for hydroxylation is 2. The zero-order valence-corrected chi connectivity index (χ0v) is 15.4. The van der Waals surface area contributed by atoms with Gasteiger partial charge < -0.3 is 19.6 Å². The second-order valence-corrected chi connectivity index (χ2v) is 6.94. The maximum absolute atomic E-state index is 11.1. The van der Waals surface area contributed by atoms with Crippen molar-refractivity contribution in [2.45, 2.75) is 45.4 Å².